The summed E-state index contributed by atoms with van der Waals surface area (Å²) >= 11 is 5.41. The van der Waals surface area contributed by atoms with Crippen molar-refractivity contribution in [2.24, 2.45) is 5.92 Å². The van der Waals surface area contributed by atoms with Crippen LogP contribution >= 0.6 is 11.6 Å². The molecular formula is C7H11ClO. The Morgan fingerprint density at radius 3 is 3.00 bits per heavy atom. The van der Waals surface area contributed by atoms with Gasteiger partial charge in [0, 0.05) is 11.8 Å². The minimum atomic E-state index is 0.432. The molecular weight excluding hydrogens is 136 g/mol. The van der Waals surface area contributed by atoms with Gasteiger partial charge in [0.05, 0.1) is 12.7 Å². The summed E-state index contributed by atoms with van der Waals surface area (Å²) in [6, 6.07) is 0. The molecule has 0 amide bonds. The van der Waals surface area contributed by atoms with Crippen LogP contribution in [0.2, 0.25) is 0 Å². The predicted molar refractivity (Wildman–Crippen MR) is 38.8 cm³/mol. The van der Waals surface area contributed by atoms with Crippen molar-refractivity contribution in [3.8, 4) is 0 Å². The Morgan fingerprint density at radius 1 is 1.78 bits per heavy atom. The Kier molecular flexibility index (Phi) is 2.55. The first kappa shape index (κ1) is 7.10. The highest BCUT2D eigenvalue weighted by atomic mass is 35.5. The largest absolute Gasteiger partial charge is 0.376 e. The molecule has 0 aliphatic heterocycles. The van der Waals surface area contributed by atoms with Gasteiger partial charge in [0.15, 0.2) is 0 Å². The van der Waals surface area contributed by atoms with E-state index >= 15 is 0 Å². The van der Waals surface area contributed by atoms with Gasteiger partial charge >= 0.3 is 0 Å². The predicted octanol–water partition coefficient (Wildman–Crippen LogP) is 1.82. The topological polar surface area (TPSA) is 9.23 Å². The Bertz CT molecular complexity index is 103. The maximum atomic E-state index is 5.41. The van der Waals surface area contributed by atoms with Crippen LogP contribution in [0, 0.1) is 5.92 Å². The average Bonchev–Trinajstić information content (AvgIpc) is 2.62. The lowest BCUT2D eigenvalue weighted by Gasteiger charge is -1.95. The lowest BCUT2D eigenvalue weighted by molar-refractivity contribution is 0.127. The number of ether oxygens (including phenoxy) is 1. The maximum absolute atomic E-state index is 5.41. The van der Waals surface area contributed by atoms with E-state index in [1.807, 2.05) is 6.08 Å². The Hall–Kier alpha value is -0.0100. The van der Waals surface area contributed by atoms with Crippen LogP contribution in [0.1, 0.15) is 6.42 Å². The van der Waals surface area contributed by atoms with E-state index in [1.165, 1.54) is 0 Å². The number of rotatable bonds is 4. The molecule has 0 bridgehead atoms. The lowest BCUT2D eigenvalue weighted by atomic mass is 10.4. The first-order valence-corrected chi connectivity index (χ1v) is 3.72. The minimum Gasteiger partial charge on any atom is -0.376 e. The third kappa shape index (κ3) is 1.99. The van der Waals surface area contributed by atoms with Crippen LogP contribution < -0.4 is 0 Å². The van der Waals surface area contributed by atoms with E-state index in [9.17, 15) is 0 Å². The van der Waals surface area contributed by atoms with Gasteiger partial charge in [-0.05, 0) is 6.42 Å². The van der Waals surface area contributed by atoms with Crippen molar-refractivity contribution >= 4 is 11.6 Å². The zero-order chi connectivity index (χ0) is 6.69. The molecule has 0 heterocycles. The third-order valence-corrected chi connectivity index (χ3v) is 1.65. The molecule has 0 radical (unpaired) electrons. The van der Waals surface area contributed by atoms with Crippen LogP contribution in [0.4, 0.5) is 0 Å². The number of alkyl halides is 1. The van der Waals surface area contributed by atoms with Crippen LogP contribution in [0.5, 0.6) is 0 Å². The van der Waals surface area contributed by atoms with Gasteiger partial charge in [-0.3, -0.25) is 0 Å². The Morgan fingerprint density at radius 2 is 2.56 bits per heavy atom. The standard InChI is InChI=1S/C7H11ClO/c1-2-6-5-7(6)9-4-3-8/h2,6-7H,1,3-5H2/t6-,7+/m0/s1. The van der Waals surface area contributed by atoms with Crippen LogP contribution in [-0.2, 0) is 4.74 Å². The summed E-state index contributed by atoms with van der Waals surface area (Å²) < 4.78 is 5.30. The van der Waals surface area contributed by atoms with E-state index in [4.69, 9.17) is 16.3 Å². The molecule has 0 aromatic heterocycles. The van der Waals surface area contributed by atoms with E-state index in [0.29, 0.717) is 24.5 Å². The highest BCUT2D eigenvalue weighted by Crippen LogP contribution is 2.34. The second kappa shape index (κ2) is 3.23. The second-order valence-electron chi connectivity index (χ2n) is 2.23. The van der Waals surface area contributed by atoms with Crippen molar-refractivity contribution < 1.29 is 4.74 Å². The van der Waals surface area contributed by atoms with Crippen LogP contribution in [-0.4, -0.2) is 18.6 Å². The van der Waals surface area contributed by atoms with Gasteiger partial charge in [0.2, 0.25) is 0 Å². The van der Waals surface area contributed by atoms with E-state index in [1.54, 1.807) is 0 Å². The molecule has 9 heavy (non-hydrogen) atoms. The van der Waals surface area contributed by atoms with Crippen molar-refractivity contribution in [1.82, 2.24) is 0 Å². The SMILES string of the molecule is C=C[C@H]1C[C@H]1OCCCl. The fourth-order valence-corrected chi connectivity index (χ4v) is 0.914. The Balaban J connectivity index is 1.98. The molecule has 0 spiro atoms. The molecule has 1 aliphatic rings. The number of hydrogen-bond donors (Lipinski definition) is 0. The number of hydrogen-bond acceptors (Lipinski definition) is 1. The summed E-state index contributed by atoms with van der Waals surface area (Å²) in [5, 5.41) is 0. The molecule has 1 nitrogen and oxygen atoms in total. The Labute approximate surface area is 60.7 Å². The molecule has 1 fully saturated rings. The summed E-state index contributed by atoms with van der Waals surface area (Å²) in [6.45, 7) is 4.35. The summed E-state index contributed by atoms with van der Waals surface area (Å²) in [5.41, 5.74) is 0. The summed E-state index contributed by atoms with van der Waals surface area (Å²) in [6.07, 6.45) is 3.51. The molecule has 1 saturated carbocycles. The highest BCUT2D eigenvalue weighted by molar-refractivity contribution is 6.17. The first-order chi connectivity index (χ1) is 4.38. The fraction of sp³-hybridized carbons (Fsp3) is 0.714. The van der Waals surface area contributed by atoms with E-state index in [-0.39, 0.29) is 0 Å². The van der Waals surface area contributed by atoms with Gasteiger partial charge in [-0.15, -0.1) is 18.2 Å². The van der Waals surface area contributed by atoms with Gasteiger partial charge < -0.3 is 4.74 Å². The quantitative estimate of drug-likeness (QED) is 0.434. The second-order valence-corrected chi connectivity index (χ2v) is 2.61. The smallest absolute Gasteiger partial charge is 0.0645 e. The van der Waals surface area contributed by atoms with E-state index < -0.39 is 0 Å². The molecule has 0 unspecified atom stereocenters. The molecule has 0 aromatic carbocycles. The zero-order valence-corrected chi connectivity index (χ0v) is 6.10. The average molecular weight is 147 g/mol. The number of halogens is 1. The van der Waals surface area contributed by atoms with Crippen molar-refractivity contribution in [3.63, 3.8) is 0 Å². The zero-order valence-electron chi connectivity index (χ0n) is 5.35. The van der Waals surface area contributed by atoms with E-state index in [2.05, 4.69) is 6.58 Å². The normalized spacial score (nSPS) is 32.1. The van der Waals surface area contributed by atoms with Gasteiger partial charge in [-0.1, -0.05) is 6.08 Å². The maximum Gasteiger partial charge on any atom is 0.0645 e. The summed E-state index contributed by atoms with van der Waals surface area (Å²) in [7, 11) is 0. The van der Waals surface area contributed by atoms with Crippen LogP contribution in [0.3, 0.4) is 0 Å². The first-order valence-electron chi connectivity index (χ1n) is 3.18. The van der Waals surface area contributed by atoms with Gasteiger partial charge in [0.1, 0.15) is 0 Å². The molecule has 52 valence electrons. The van der Waals surface area contributed by atoms with Crippen molar-refractivity contribution in [2.45, 2.75) is 12.5 Å². The highest BCUT2D eigenvalue weighted by Gasteiger charge is 2.34. The molecule has 0 N–H and O–H groups in total. The molecule has 2 atom stereocenters. The van der Waals surface area contributed by atoms with Gasteiger partial charge in [0.25, 0.3) is 0 Å². The van der Waals surface area contributed by atoms with Crippen molar-refractivity contribution in [2.75, 3.05) is 12.5 Å². The molecule has 0 aromatic rings. The van der Waals surface area contributed by atoms with E-state index in [0.717, 1.165) is 6.42 Å². The van der Waals surface area contributed by atoms with Gasteiger partial charge in [-0.25, -0.2) is 0 Å². The lowest BCUT2D eigenvalue weighted by Crippen LogP contribution is -1.98. The van der Waals surface area contributed by atoms with Crippen molar-refractivity contribution in [3.05, 3.63) is 12.7 Å². The van der Waals surface area contributed by atoms with Gasteiger partial charge in [-0.2, -0.15) is 0 Å². The van der Waals surface area contributed by atoms with Crippen LogP contribution in [0.25, 0.3) is 0 Å². The fourth-order valence-electron chi connectivity index (χ4n) is 0.825. The molecule has 0 saturated heterocycles. The molecule has 2 heteroatoms. The summed E-state index contributed by atoms with van der Waals surface area (Å²) in [5.74, 6) is 1.20. The molecule has 1 rings (SSSR count). The summed E-state index contributed by atoms with van der Waals surface area (Å²) in [4.78, 5) is 0. The molecule has 1 aliphatic carbocycles. The monoisotopic (exact) mass is 146 g/mol. The van der Waals surface area contributed by atoms with Crippen LogP contribution in [0.15, 0.2) is 12.7 Å². The minimum absolute atomic E-state index is 0.432. The third-order valence-electron chi connectivity index (χ3n) is 1.49. The van der Waals surface area contributed by atoms with Crippen molar-refractivity contribution in [1.29, 1.82) is 0 Å².